The number of para-hydroxylation sites is 3. The fourth-order valence-corrected chi connectivity index (χ4v) is 11.4. The molecule has 0 bridgehead atoms. The predicted molar refractivity (Wildman–Crippen MR) is 333 cm³/mol. The highest BCUT2D eigenvalue weighted by molar-refractivity contribution is 6.14. The SMILES string of the molecule is c1ccc(-c2ccc(-c3ccc(N(c4cccc(-c5ccc6ccccc6c5)c4)c4ccccc4-c4cccc(N(c5ccccc5-c5ccc(-c6ccccc6)cc5)c5cccc6oc7ccccc7c56)c4)cc3)cc2)cc1. The van der Waals surface area contributed by atoms with Gasteiger partial charge in [0, 0.05) is 33.6 Å². The van der Waals surface area contributed by atoms with Crippen LogP contribution in [0.5, 0.6) is 0 Å². The van der Waals surface area contributed by atoms with Gasteiger partial charge >= 0.3 is 0 Å². The minimum atomic E-state index is 0.840. The number of anilines is 6. The molecule has 14 rings (SSSR count). The lowest BCUT2D eigenvalue weighted by Crippen LogP contribution is -2.12. The summed E-state index contributed by atoms with van der Waals surface area (Å²) < 4.78 is 6.58. The Hall–Kier alpha value is -10.5. The molecule has 0 aliphatic heterocycles. The first kappa shape index (κ1) is 47.0. The zero-order valence-corrected chi connectivity index (χ0v) is 43.3. The lowest BCUT2D eigenvalue weighted by molar-refractivity contribution is 0.669. The summed E-state index contributed by atoms with van der Waals surface area (Å²) in [6.07, 6.45) is 0. The average molecular weight is 1010 g/mol. The summed E-state index contributed by atoms with van der Waals surface area (Å²) in [7, 11) is 0. The first-order chi connectivity index (χ1) is 39.2. The van der Waals surface area contributed by atoms with Crippen molar-refractivity contribution in [3.05, 3.63) is 315 Å². The van der Waals surface area contributed by atoms with Gasteiger partial charge < -0.3 is 14.2 Å². The molecule has 0 saturated heterocycles. The molecule has 0 radical (unpaired) electrons. The van der Waals surface area contributed by atoms with Crippen LogP contribution in [-0.2, 0) is 0 Å². The molecule has 13 aromatic carbocycles. The van der Waals surface area contributed by atoms with Crippen molar-refractivity contribution < 1.29 is 4.42 Å². The summed E-state index contributed by atoms with van der Waals surface area (Å²) in [6.45, 7) is 0. The van der Waals surface area contributed by atoms with Crippen molar-refractivity contribution in [2.45, 2.75) is 0 Å². The van der Waals surface area contributed by atoms with E-state index < -0.39 is 0 Å². The van der Waals surface area contributed by atoms with Gasteiger partial charge in [-0.1, -0.05) is 243 Å². The minimum Gasteiger partial charge on any atom is -0.456 e. The third kappa shape index (κ3) is 9.10. The van der Waals surface area contributed by atoms with E-state index in [1.165, 1.54) is 44.2 Å². The number of rotatable bonds is 12. The average Bonchev–Trinajstić information content (AvgIpc) is 3.94. The lowest BCUT2D eigenvalue weighted by atomic mass is 9.97. The third-order valence-electron chi connectivity index (χ3n) is 15.3. The fourth-order valence-electron chi connectivity index (χ4n) is 11.4. The van der Waals surface area contributed by atoms with Gasteiger partial charge in [-0.15, -0.1) is 0 Å². The van der Waals surface area contributed by atoms with Crippen LogP contribution >= 0.6 is 0 Å². The first-order valence-electron chi connectivity index (χ1n) is 27.0. The molecular weight excluding hydrogens is 957 g/mol. The zero-order chi connectivity index (χ0) is 52.5. The molecule has 1 heterocycles. The predicted octanol–water partition coefficient (Wildman–Crippen LogP) is 21.7. The molecule has 3 nitrogen and oxygen atoms in total. The topological polar surface area (TPSA) is 19.6 Å². The second kappa shape index (κ2) is 20.6. The van der Waals surface area contributed by atoms with E-state index in [1.807, 2.05) is 6.07 Å². The molecule has 0 aliphatic rings. The molecule has 3 heteroatoms. The van der Waals surface area contributed by atoms with Crippen LogP contribution in [0.2, 0.25) is 0 Å². The quantitative estimate of drug-likeness (QED) is 0.122. The van der Waals surface area contributed by atoms with Gasteiger partial charge in [-0.05, 0) is 139 Å². The Labute approximate surface area is 460 Å². The van der Waals surface area contributed by atoms with Gasteiger partial charge in [0.05, 0.1) is 22.4 Å². The van der Waals surface area contributed by atoms with Gasteiger partial charge in [0.2, 0.25) is 0 Å². The normalized spacial score (nSPS) is 11.3. The second-order valence-corrected chi connectivity index (χ2v) is 20.0. The van der Waals surface area contributed by atoms with E-state index >= 15 is 0 Å². The Morgan fingerprint density at radius 1 is 0.215 bits per heavy atom. The van der Waals surface area contributed by atoms with Crippen molar-refractivity contribution >= 4 is 66.8 Å². The van der Waals surface area contributed by atoms with Crippen molar-refractivity contribution in [2.75, 3.05) is 9.80 Å². The number of fused-ring (bicyclic) bond motifs is 4. The molecule has 14 aromatic rings. The Bertz CT molecular complexity index is 4470. The van der Waals surface area contributed by atoms with Crippen molar-refractivity contribution in [1.29, 1.82) is 0 Å². The number of hydrogen-bond acceptors (Lipinski definition) is 3. The molecular formula is C76H52N2O. The van der Waals surface area contributed by atoms with Crippen molar-refractivity contribution in [3.63, 3.8) is 0 Å². The maximum atomic E-state index is 6.58. The third-order valence-corrected chi connectivity index (χ3v) is 15.3. The Kier molecular flexibility index (Phi) is 12.2. The van der Waals surface area contributed by atoms with Gasteiger partial charge in [0.25, 0.3) is 0 Å². The van der Waals surface area contributed by atoms with Crippen molar-refractivity contribution in [3.8, 4) is 66.8 Å². The molecule has 0 aliphatic carbocycles. The van der Waals surface area contributed by atoms with Gasteiger partial charge in [-0.2, -0.15) is 0 Å². The van der Waals surface area contributed by atoms with Crippen LogP contribution in [0.15, 0.2) is 320 Å². The lowest BCUT2D eigenvalue weighted by Gasteiger charge is -2.30. The summed E-state index contributed by atoms with van der Waals surface area (Å²) in [6, 6.07) is 114. The molecule has 0 fully saturated rings. The summed E-state index contributed by atoms with van der Waals surface area (Å²) in [5.74, 6) is 0. The standard InChI is InChI=1S/C76H52N2O/c1-3-18-53(19-4-1)56-36-38-58(39-37-56)59-46-48-65(49-47-59)77(66-26-15-24-62(51-66)63-45-42-55-22-7-8-23-61(55)50-63)71-31-12-10-29-69(71)64-25-16-27-67(52-64)78(73-33-17-35-75-76(73)70-30-11-14-34-74(70)79-75)72-32-13-9-28-68(72)60-43-40-57(41-44-60)54-20-5-2-6-21-54/h1-52H. The molecule has 0 amide bonds. The molecule has 372 valence electrons. The largest absolute Gasteiger partial charge is 0.456 e. The number of furan rings is 1. The smallest absolute Gasteiger partial charge is 0.137 e. The van der Waals surface area contributed by atoms with Gasteiger partial charge in [0.1, 0.15) is 11.2 Å². The van der Waals surface area contributed by atoms with Crippen molar-refractivity contribution in [1.82, 2.24) is 0 Å². The van der Waals surface area contributed by atoms with E-state index in [0.717, 1.165) is 89.4 Å². The van der Waals surface area contributed by atoms with Gasteiger partial charge in [-0.25, -0.2) is 0 Å². The van der Waals surface area contributed by atoms with E-state index in [1.54, 1.807) is 0 Å². The van der Waals surface area contributed by atoms with Gasteiger partial charge in [-0.3, -0.25) is 0 Å². The van der Waals surface area contributed by atoms with E-state index in [9.17, 15) is 0 Å². The van der Waals surface area contributed by atoms with Crippen molar-refractivity contribution in [2.24, 2.45) is 0 Å². The highest BCUT2D eigenvalue weighted by Crippen LogP contribution is 2.48. The van der Waals surface area contributed by atoms with Crippen LogP contribution in [0, 0.1) is 0 Å². The van der Waals surface area contributed by atoms with Crippen LogP contribution in [0.1, 0.15) is 0 Å². The van der Waals surface area contributed by atoms with E-state index in [2.05, 4.69) is 319 Å². The highest BCUT2D eigenvalue weighted by atomic mass is 16.3. The van der Waals surface area contributed by atoms with E-state index in [0.29, 0.717) is 0 Å². The minimum absolute atomic E-state index is 0.840. The fraction of sp³-hybridized carbons (Fsp3) is 0. The summed E-state index contributed by atoms with van der Waals surface area (Å²) in [5.41, 5.74) is 21.8. The summed E-state index contributed by atoms with van der Waals surface area (Å²) in [4.78, 5) is 4.84. The Morgan fingerprint density at radius 2 is 0.633 bits per heavy atom. The molecule has 79 heavy (non-hydrogen) atoms. The molecule has 0 N–H and O–H groups in total. The summed E-state index contributed by atoms with van der Waals surface area (Å²) >= 11 is 0. The maximum Gasteiger partial charge on any atom is 0.137 e. The number of benzene rings is 13. The van der Waals surface area contributed by atoms with E-state index in [4.69, 9.17) is 4.42 Å². The molecule has 0 atom stereocenters. The Morgan fingerprint density at radius 3 is 1.30 bits per heavy atom. The number of nitrogens with zero attached hydrogens (tertiary/aromatic N) is 2. The van der Waals surface area contributed by atoms with Crippen LogP contribution < -0.4 is 9.80 Å². The monoisotopic (exact) mass is 1010 g/mol. The van der Waals surface area contributed by atoms with Gasteiger partial charge in [0.15, 0.2) is 0 Å². The highest BCUT2D eigenvalue weighted by Gasteiger charge is 2.24. The van der Waals surface area contributed by atoms with Crippen LogP contribution in [-0.4, -0.2) is 0 Å². The number of hydrogen-bond donors (Lipinski definition) is 0. The van der Waals surface area contributed by atoms with Crippen LogP contribution in [0.3, 0.4) is 0 Å². The van der Waals surface area contributed by atoms with Crippen LogP contribution in [0.4, 0.5) is 34.1 Å². The van der Waals surface area contributed by atoms with Crippen LogP contribution in [0.25, 0.3) is 99.5 Å². The maximum absolute atomic E-state index is 6.58. The zero-order valence-electron chi connectivity index (χ0n) is 43.3. The molecule has 0 saturated carbocycles. The molecule has 0 spiro atoms. The molecule has 1 aromatic heterocycles. The Balaban J connectivity index is 0.914. The molecule has 0 unspecified atom stereocenters. The summed E-state index contributed by atoms with van der Waals surface area (Å²) in [5, 5.41) is 4.58. The first-order valence-corrected chi connectivity index (χ1v) is 27.0. The van der Waals surface area contributed by atoms with E-state index in [-0.39, 0.29) is 0 Å². The second-order valence-electron chi connectivity index (χ2n) is 20.0.